The number of nitrogen functional groups attached to an aromatic ring is 1. The Kier molecular flexibility index (Phi) is 3.68. The Balaban J connectivity index is 2.02. The number of rotatable bonds is 4. The molecule has 1 heterocycles. The maximum Gasteiger partial charge on any atom is 0.213 e. The molecule has 0 bridgehead atoms. The zero-order chi connectivity index (χ0) is 12.3. The van der Waals surface area contributed by atoms with Gasteiger partial charge in [0.25, 0.3) is 0 Å². The molecule has 1 aromatic carbocycles. The first-order valence-corrected chi connectivity index (χ1v) is 6.21. The highest BCUT2D eigenvalue weighted by molar-refractivity contribution is 9.10. The van der Waals surface area contributed by atoms with Crippen LogP contribution in [0.15, 0.2) is 33.3 Å². The summed E-state index contributed by atoms with van der Waals surface area (Å²) in [4.78, 5) is 4.18. The van der Waals surface area contributed by atoms with Crippen molar-refractivity contribution in [1.29, 1.82) is 0 Å². The van der Waals surface area contributed by atoms with E-state index < -0.39 is 0 Å². The number of halogens is 1. The standard InChI is InChI=1S/C12H14BrN3O/c1-2-9-6-16-12(17-9)7-15-11-4-3-8(14)5-10(11)13/h3-6,15H,2,7,14H2,1H3. The minimum atomic E-state index is 0.558. The molecule has 0 fully saturated rings. The maximum atomic E-state index is 5.67. The van der Waals surface area contributed by atoms with Gasteiger partial charge in [0.05, 0.1) is 12.7 Å². The Labute approximate surface area is 108 Å². The van der Waals surface area contributed by atoms with E-state index in [1.165, 1.54) is 0 Å². The van der Waals surface area contributed by atoms with Crippen LogP contribution < -0.4 is 11.1 Å². The number of aryl methyl sites for hydroxylation is 1. The Morgan fingerprint density at radius 2 is 2.29 bits per heavy atom. The van der Waals surface area contributed by atoms with Crippen molar-refractivity contribution >= 4 is 27.3 Å². The van der Waals surface area contributed by atoms with Crippen molar-refractivity contribution in [2.45, 2.75) is 19.9 Å². The number of hydrogen-bond acceptors (Lipinski definition) is 4. The van der Waals surface area contributed by atoms with Crippen molar-refractivity contribution in [2.24, 2.45) is 0 Å². The van der Waals surface area contributed by atoms with Crippen LogP contribution in [0.3, 0.4) is 0 Å². The van der Waals surface area contributed by atoms with E-state index in [0.29, 0.717) is 12.4 Å². The second-order valence-electron chi connectivity index (χ2n) is 3.67. The van der Waals surface area contributed by atoms with Gasteiger partial charge in [-0.05, 0) is 34.1 Å². The molecule has 2 rings (SSSR count). The lowest BCUT2D eigenvalue weighted by Gasteiger charge is -2.06. The van der Waals surface area contributed by atoms with Gasteiger partial charge >= 0.3 is 0 Å². The summed E-state index contributed by atoms with van der Waals surface area (Å²) < 4.78 is 6.43. The Hall–Kier alpha value is -1.49. The maximum absolute atomic E-state index is 5.67. The summed E-state index contributed by atoms with van der Waals surface area (Å²) in [5, 5.41) is 3.24. The fourth-order valence-electron chi connectivity index (χ4n) is 1.44. The van der Waals surface area contributed by atoms with E-state index in [4.69, 9.17) is 10.2 Å². The van der Waals surface area contributed by atoms with Gasteiger partial charge in [0.2, 0.25) is 5.89 Å². The van der Waals surface area contributed by atoms with Gasteiger partial charge in [0.1, 0.15) is 5.76 Å². The summed E-state index contributed by atoms with van der Waals surface area (Å²) in [6.45, 7) is 2.59. The second kappa shape index (κ2) is 5.23. The summed E-state index contributed by atoms with van der Waals surface area (Å²) in [5.41, 5.74) is 7.36. The highest BCUT2D eigenvalue weighted by Crippen LogP contribution is 2.25. The molecule has 17 heavy (non-hydrogen) atoms. The van der Waals surface area contributed by atoms with Crippen molar-refractivity contribution < 1.29 is 4.42 Å². The molecule has 2 aromatic rings. The fraction of sp³-hybridized carbons (Fsp3) is 0.250. The van der Waals surface area contributed by atoms with Crippen LogP contribution in [0.5, 0.6) is 0 Å². The van der Waals surface area contributed by atoms with Gasteiger partial charge < -0.3 is 15.5 Å². The number of nitrogens with two attached hydrogens (primary N) is 1. The van der Waals surface area contributed by atoms with Gasteiger partial charge in [0, 0.05) is 22.3 Å². The largest absolute Gasteiger partial charge is 0.444 e. The van der Waals surface area contributed by atoms with Crippen LogP contribution in [0, 0.1) is 0 Å². The van der Waals surface area contributed by atoms with Crippen LogP contribution in [0.1, 0.15) is 18.6 Å². The summed E-state index contributed by atoms with van der Waals surface area (Å²) in [7, 11) is 0. The van der Waals surface area contributed by atoms with Gasteiger partial charge in [0.15, 0.2) is 0 Å². The lowest BCUT2D eigenvalue weighted by atomic mass is 10.3. The molecule has 1 aromatic heterocycles. The van der Waals surface area contributed by atoms with Crippen LogP contribution >= 0.6 is 15.9 Å². The molecule has 0 atom stereocenters. The van der Waals surface area contributed by atoms with Crippen molar-refractivity contribution in [3.8, 4) is 0 Å². The summed E-state index contributed by atoms with van der Waals surface area (Å²) in [6, 6.07) is 5.62. The molecular formula is C12H14BrN3O. The zero-order valence-electron chi connectivity index (χ0n) is 9.53. The van der Waals surface area contributed by atoms with E-state index in [1.807, 2.05) is 25.1 Å². The predicted molar refractivity (Wildman–Crippen MR) is 71.8 cm³/mol. The first-order chi connectivity index (χ1) is 8.19. The third kappa shape index (κ3) is 3.00. The van der Waals surface area contributed by atoms with Crippen molar-refractivity contribution in [1.82, 2.24) is 4.98 Å². The third-order valence-electron chi connectivity index (χ3n) is 2.37. The molecule has 0 aliphatic carbocycles. The fourth-order valence-corrected chi connectivity index (χ4v) is 1.98. The Bertz CT molecular complexity index is 510. The molecule has 0 saturated carbocycles. The molecule has 0 saturated heterocycles. The Morgan fingerprint density at radius 3 is 2.94 bits per heavy atom. The average Bonchev–Trinajstić information content (AvgIpc) is 2.76. The monoisotopic (exact) mass is 295 g/mol. The van der Waals surface area contributed by atoms with Crippen LogP contribution in [0.4, 0.5) is 11.4 Å². The van der Waals surface area contributed by atoms with E-state index in [1.54, 1.807) is 6.20 Å². The molecule has 0 amide bonds. The first kappa shape index (κ1) is 12.0. The number of hydrogen-bond donors (Lipinski definition) is 2. The van der Waals surface area contributed by atoms with Crippen LogP contribution in [-0.4, -0.2) is 4.98 Å². The first-order valence-electron chi connectivity index (χ1n) is 5.41. The highest BCUT2D eigenvalue weighted by Gasteiger charge is 2.04. The third-order valence-corrected chi connectivity index (χ3v) is 3.03. The molecule has 3 N–H and O–H groups in total. The summed E-state index contributed by atoms with van der Waals surface area (Å²) in [5.74, 6) is 1.59. The van der Waals surface area contributed by atoms with Crippen molar-refractivity contribution in [3.63, 3.8) is 0 Å². The van der Waals surface area contributed by atoms with Gasteiger partial charge in [-0.2, -0.15) is 0 Å². The summed E-state index contributed by atoms with van der Waals surface area (Å²) in [6.07, 6.45) is 2.62. The second-order valence-corrected chi connectivity index (χ2v) is 4.52. The van der Waals surface area contributed by atoms with E-state index in [0.717, 1.165) is 28.0 Å². The van der Waals surface area contributed by atoms with E-state index in [-0.39, 0.29) is 0 Å². The molecule has 5 heteroatoms. The molecule has 0 radical (unpaired) electrons. The molecule has 0 spiro atoms. The number of oxazole rings is 1. The smallest absolute Gasteiger partial charge is 0.213 e. The van der Waals surface area contributed by atoms with E-state index >= 15 is 0 Å². The minimum absolute atomic E-state index is 0.558. The van der Waals surface area contributed by atoms with E-state index in [2.05, 4.69) is 26.2 Å². The lowest BCUT2D eigenvalue weighted by Crippen LogP contribution is -2.00. The summed E-state index contributed by atoms with van der Waals surface area (Å²) >= 11 is 3.45. The normalized spacial score (nSPS) is 10.5. The number of aromatic nitrogens is 1. The molecule has 90 valence electrons. The molecule has 4 nitrogen and oxygen atoms in total. The quantitative estimate of drug-likeness (QED) is 0.850. The van der Waals surface area contributed by atoms with Crippen molar-refractivity contribution in [3.05, 3.63) is 40.5 Å². The number of anilines is 2. The van der Waals surface area contributed by atoms with Crippen LogP contribution in [-0.2, 0) is 13.0 Å². The topological polar surface area (TPSA) is 64.1 Å². The predicted octanol–water partition coefficient (Wildman–Crippen LogP) is 3.19. The molecular weight excluding hydrogens is 282 g/mol. The van der Waals surface area contributed by atoms with Gasteiger partial charge in [-0.1, -0.05) is 6.92 Å². The molecule has 0 aliphatic rings. The van der Waals surface area contributed by atoms with Crippen LogP contribution in [0.2, 0.25) is 0 Å². The highest BCUT2D eigenvalue weighted by atomic mass is 79.9. The van der Waals surface area contributed by atoms with E-state index in [9.17, 15) is 0 Å². The molecule has 0 unspecified atom stereocenters. The number of benzene rings is 1. The van der Waals surface area contributed by atoms with Gasteiger partial charge in [-0.15, -0.1) is 0 Å². The number of nitrogens with zero attached hydrogens (tertiary/aromatic N) is 1. The minimum Gasteiger partial charge on any atom is -0.444 e. The van der Waals surface area contributed by atoms with Crippen molar-refractivity contribution in [2.75, 3.05) is 11.1 Å². The zero-order valence-corrected chi connectivity index (χ0v) is 11.1. The average molecular weight is 296 g/mol. The van der Waals surface area contributed by atoms with Gasteiger partial charge in [-0.3, -0.25) is 0 Å². The Morgan fingerprint density at radius 1 is 1.47 bits per heavy atom. The number of nitrogens with one attached hydrogen (secondary N) is 1. The molecule has 0 aliphatic heterocycles. The van der Waals surface area contributed by atoms with Crippen LogP contribution in [0.25, 0.3) is 0 Å². The SMILES string of the molecule is CCc1cnc(CNc2ccc(N)cc2Br)o1. The lowest BCUT2D eigenvalue weighted by molar-refractivity contribution is 0.466. The van der Waals surface area contributed by atoms with Gasteiger partial charge in [-0.25, -0.2) is 4.98 Å².